The molecular formula is C12H10N4O3. The maximum absolute atomic E-state index is 12.3. The second kappa shape index (κ2) is 3.91. The van der Waals surface area contributed by atoms with Crippen LogP contribution in [0.3, 0.4) is 0 Å². The molecule has 0 saturated heterocycles. The molecule has 96 valence electrons. The van der Waals surface area contributed by atoms with E-state index in [1.165, 1.54) is 23.9 Å². The molecule has 0 aliphatic rings. The van der Waals surface area contributed by atoms with Crippen molar-refractivity contribution in [1.82, 2.24) is 19.2 Å². The van der Waals surface area contributed by atoms with E-state index < -0.39 is 17.6 Å². The molecule has 0 fully saturated rings. The largest absolute Gasteiger partial charge is 0.480 e. The van der Waals surface area contributed by atoms with Gasteiger partial charge in [-0.05, 0) is 13.0 Å². The number of pyridine rings is 1. The molecule has 3 rings (SSSR count). The van der Waals surface area contributed by atoms with Crippen molar-refractivity contribution in [3.05, 3.63) is 41.1 Å². The summed E-state index contributed by atoms with van der Waals surface area (Å²) in [6.07, 6.45) is 4.50. The first-order chi connectivity index (χ1) is 9.09. The Bertz CT molecular complexity index is 849. The van der Waals surface area contributed by atoms with Crippen LogP contribution >= 0.6 is 0 Å². The minimum absolute atomic E-state index is 0.340. The summed E-state index contributed by atoms with van der Waals surface area (Å²) < 4.78 is 2.72. The van der Waals surface area contributed by atoms with Gasteiger partial charge in [-0.2, -0.15) is 5.10 Å². The van der Waals surface area contributed by atoms with Gasteiger partial charge in [-0.1, -0.05) is 0 Å². The van der Waals surface area contributed by atoms with Crippen LogP contribution in [0.1, 0.15) is 13.0 Å². The van der Waals surface area contributed by atoms with Crippen LogP contribution in [0.15, 0.2) is 35.5 Å². The van der Waals surface area contributed by atoms with Crippen LogP contribution in [-0.2, 0) is 4.79 Å². The molecule has 19 heavy (non-hydrogen) atoms. The lowest BCUT2D eigenvalue weighted by atomic mass is 10.2. The third-order valence-corrected chi connectivity index (χ3v) is 3.09. The van der Waals surface area contributed by atoms with Crippen molar-refractivity contribution >= 4 is 22.5 Å². The van der Waals surface area contributed by atoms with Crippen LogP contribution in [0, 0.1) is 0 Å². The van der Waals surface area contributed by atoms with E-state index in [4.69, 9.17) is 5.11 Å². The molecule has 0 spiro atoms. The van der Waals surface area contributed by atoms with Gasteiger partial charge < -0.3 is 9.67 Å². The highest BCUT2D eigenvalue weighted by Crippen LogP contribution is 2.12. The second-order valence-electron chi connectivity index (χ2n) is 4.20. The summed E-state index contributed by atoms with van der Waals surface area (Å²) in [7, 11) is 0. The van der Waals surface area contributed by atoms with Crippen molar-refractivity contribution in [3.8, 4) is 0 Å². The van der Waals surface area contributed by atoms with Crippen molar-refractivity contribution in [2.45, 2.75) is 13.0 Å². The van der Waals surface area contributed by atoms with Gasteiger partial charge in [-0.25, -0.2) is 14.3 Å². The lowest BCUT2D eigenvalue weighted by Crippen LogP contribution is -2.27. The van der Waals surface area contributed by atoms with Crippen molar-refractivity contribution in [1.29, 1.82) is 0 Å². The zero-order valence-electron chi connectivity index (χ0n) is 10.0. The quantitative estimate of drug-likeness (QED) is 0.730. The molecule has 0 saturated carbocycles. The number of hydrogen-bond donors (Lipinski definition) is 1. The molecule has 1 atom stereocenters. The fourth-order valence-corrected chi connectivity index (χ4v) is 2.00. The van der Waals surface area contributed by atoms with Gasteiger partial charge in [0.25, 0.3) is 5.56 Å². The topological polar surface area (TPSA) is 89.5 Å². The molecule has 0 aliphatic carbocycles. The third-order valence-electron chi connectivity index (χ3n) is 3.09. The maximum Gasteiger partial charge on any atom is 0.326 e. The average Bonchev–Trinajstić information content (AvgIpc) is 2.86. The zero-order valence-corrected chi connectivity index (χ0v) is 10.0. The summed E-state index contributed by atoms with van der Waals surface area (Å²) in [5, 5.41) is 13.4. The Kier molecular flexibility index (Phi) is 2.34. The Labute approximate surface area is 106 Å². The molecule has 3 aromatic heterocycles. The number of nitrogens with zero attached hydrogens (tertiary/aromatic N) is 4. The number of carboxylic acid groups (broad SMARTS) is 1. The van der Waals surface area contributed by atoms with Crippen LogP contribution in [0.25, 0.3) is 16.6 Å². The first-order valence-corrected chi connectivity index (χ1v) is 5.66. The number of carboxylic acids is 1. The van der Waals surface area contributed by atoms with Crippen LogP contribution in [0.4, 0.5) is 0 Å². The van der Waals surface area contributed by atoms with Crippen LogP contribution in [-0.4, -0.2) is 30.2 Å². The van der Waals surface area contributed by atoms with Crippen molar-refractivity contribution in [2.75, 3.05) is 0 Å². The molecule has 0 amide bonds. The Morgan fingerprint density at radius 2 is 2.21 bits per heavy atom. The van der Waals surface area contributed by atoms with Crippen LogP contribution in [0.2, 0.25) is 0 Å². The van der Waals surface area contributed by atoms with Crippen molar-refractivity contribution in [2.24, 2.45) is 0 Å². The number of aromatic nitrogens is 4. The molecule has 7 nitrogen and oxygen atoms in total. The lowest BCUT2D eigenvalue weighted by Gasteiger charge is -2.11. The molecule has 0 bridgehead atoms. The van der Waals surface area contributed by atoms with Crippen LogP contribution in [0.5, 0.6) is 0 Å². The van der Waals surface area contributed by atoms with Crippen molar-refractivity contribution < 1.29 is 9.90 Å². The number of carbonyl (C=O) groups is 1. The highest BCUT2D eigenvalue weighted by atomic mass is 16.4. The standard InChI is InChI=1S/C12H10N4O3/c1-7(12(18)19)15-5-3-9-8(11(15)17)6-13-10-2-4-14-16(9)10/h2-7H,1H3,(H,18,19). The smallest absolute Gasteiger partial charge is 0.326 e. The Balaban J connectivity index is 2.37. The van der Waals surface area contributed by atoms with Gasteiger partial charge in [0.2, 0.25) is 0 Å². The zero-order chi connectivity index (χ0) is 13.6. The Morgan fingerprint density at radius 3 is 2.95 bits per heavy atom. The van der Waals surface area contributed by atoms with Gasteiger partial charge in [0.1, 0.15) is 6.04 Å². The minimum atomic E-state index is -1.06. The highest BCUT2D eigenvalue weighted by molar-refractivity contribution is 5.80. The molecule has 3 aromatic rings. The summed E-state index contributed by atoms with van der Waals surface area (Å²) in [6.45, 7) is 1.45. The van der Waals surface area contributed by atoms with Gasteiger partial charge in [0.05, 0.1) is 17.1 Å². The first-order valence-electron chi connectivity index (χ1n) is 5.66. The van der Waals surface area contributed by atoms with E-state index in [1.54, 1.807) is 22.8 Å². The molecule has 1 unspecified atom stereocenters. The van der Waals surface area contributed by atoms with E-state index in [1.807, 2.05) is 0 Å². The molecule has 3 heterocycles. The molecular weight excluding hydrogens is 248 g/mol. The van der Waals surface area contributed by atoms with Gasteiger partial charge in [0.15, 0.2) is 5.65 Å². The minimum Gasteiger partial charge on any atom is -0.480 e. The predicted octanol–water partition coefficient (Wildman–Crippen LogP) is 0.690. The normalized spacial score (nSPS) is 12.9. The molecule has 0 aliphatic heterocycles. The Hall–Kier alpha value is -2.70. The van der Waals surface area contributed by atoms with E-state index in [-0.39, 0.29) is 0 Å². The average molecular weight is 258 g/mol. The number of rotatable bonds is 2. The number of fused-ring (bicyclic) bond motifs is 3. The second-order valence-corrected chi connectivity index (χ2v) is 4.20. The third kappa shape index (κ3) is 1.59. The molecule has 7 heteroatoms. The fraction of sp³-hybridized carbons (Fsp3) is 0.167. The van der Waals surface area contributed by atoms with Crippen LogP contribution < -0.4 is 5.56 Å². The number of aliphatic carboxylic acids is 1. The molecule has 0 aromatic carbocycles. The van der Waals surface area contributed by atoms with E-state index in [2.05, 4.69) is 10.1 Å². The van der Waals surface area contributed by atoms with E-state index >= 15 is 0 Å². The van der Waals surface area contributed by atoms with E-state index in [0.29, 0.717) is 16.6 Å². The first kappa shape index (κ1) is 11.4. The summed E-state index contributed by atoms with van der Waals surface area (Å²) in [5.74, 6) is -1.06. The van der Waals surface area contributed by atoms with E-state index in [0.717, 1.165) is 0 Å². The van der Waals surface area contributed by atoms with Gasteiger partial charge >= 0.3 is 5.97 Å². The summed E-state index contributed by atoms with van der Waals surface area (Å²) >= 11 is 0. The maximum atomic E-state index is 12.3. The van der Waals surface area contributed by atoms with E-state index in [9.17, 15) is 9.59 Å². The number of hydrogen-bond acceptors (Lipinski definition) is 4. The Morgan fingerprint density at radius 1 is 1.42 bits per heavy atom. The lowest BCUT2D eigenvalue weighted by molar-refractivity contribution is -0.140. The summed E-state index contributed by atoms with van der Waals surface area (Å²) in [5.41, 5.74) is 0.849. The van der Waals surface area contributed by atoms with Gasteiger partial charge in [-0.15, -0.1) is 0 Å². The molecule has 0 radical (unpaired) electrons. The van der Waals surface area contributed by atoms with Gasteiger partial charge in [-0.3, -0.25) is 4.79 Å². The molecule has 1 N–H and O–H groups in total. The summed E-state index contributed by atoms with van der Waals surface area (Å²) in [4.78, 5) is 27.3. The predicted molar refractivity (Wildman–Crippen MR) is 67.1 cm³/mol. The summed E-state index contributed by atoms with van der Waals surface area (Å²) in [6, 6.07) is 2.47. The monoisotopic (exact) mass is 258 g/mol. The highest BCUT2D eigenvalue weighted by Gasteiger charge is 2.16. The van der Waals surface area contributed by atoms with Crippen molar-refractivity contribution in [3.63, 3.8) is 0 Å². The fourth-order valence-electron chi connectivity index (χ4n) is 2.00. The van der Waals surface area contributed by atoms with Gasteiger partial charge in [0, 0.05) is 18.5 Å². The SMILES string of the molecule is CC(C(=O)O)n1ccc2c(cnc3ccnn32)c1=O.